The van der Waals surface area contributed by atoms with Gasteiger partial charge in [0.25, 0.3) is 0 Å². The summed E-state index contributed by atoms with van der Waals surface area (Å²) in [5.74, 6) is 0.949. The van der Waals surface area contributed by atoms with Crippen LogP contribution in [0, 0.1) is 11.3 Å². The Hall–Kier alpha value is -2.14. The van der Waals surface area contributed by atoms with Crippen LogP contribution >= 0.6 is 34.4 Å². The monoisotopic (exact) mass is 595 g/mol. The Kier molecular flexibility index (Phi) is 7.28. The molecule has 1 saturated carbocycles. The molecular formula is C22H22IN5O3S2. The smallest absolute Gasteiger partial charge is 0.371 e. The van der Waals surface area contributed by atoms with Gasteiger partial charge in [0.15, 0.2) is 0 Å². The molecule has 0 bridgehead atoms. The first-order valence-corrected chi connectivity index (χ1v) is 14.2. The van der Waals surface area contributed by atoms with Crippen molar-refractivity contribution in [1.29, 1.82) is 5.26 Å². The van der Waals surface area contributed by atoms with Crippen LogP contribution < -0.4 is 9.32 Å². The summed E-state index contributed by atoms with van der Waals surface area (Å²) in [7, 11) is -4.07. The molecule has 2 N–H and O–H groups in total. The van der Waals surface area contributed by atoms with Crippen molar-refractivity contribution >= 4 is 44.7 Å². The molecule has 0 atom stereocenters. The van der Waals surface area contributed by atoms with Crippen LogP contribution in [-0.4, -0.2) is 23.2 Å². The lowest BCUT2D eigenvalue weighted by Crippen LogP contribution is -2.32. The maximum absolute atomic E-state index is 11.3. The number of thioether (sulfide) groups is 1. The molecule has 4 rings (SSSR count). The standard InChI is InChI=1S/C22H22IN5O3S2/c23-10-18-9-20(2-3-21(18)31-33(25,29)30)32-12-17-6-16(11-28-15-26-14-27-28)7-19(8-17)22(13-24)4-1-5-22/h2-3,6-9,14-15H,1,4-5,10-12H2,(H2,25,29,30). The summed E-state index contributed by atoms with van der Waals surface area (Å²) < 4.78 is 29.8. The van der Waals surface area contributed by atoms with Gasteiger partial charge in [0.05, 0.1) is 18.0 Å². The number of hydrogen-bond donors (Lipinski definition) is 1. The molecule has 2 aromatic carbocycles. The van der Waals surface area contributed by atoms with Crippen LogP contribution in [-0.2, 0) is 32.4 Å². The number of halogens is 1. The van der Waals surface area contributed by atoms with Gasteiger partial charge >= 0.3 is 10.3 Å². The SMILES string of the molecule is N#CC1(c2cc(CSc3ccc(OS(N)(=O)=O)c(CI)c3)cc(Cn3cncn3)c2)CCC1. The molecule has 0 unspecified atom stereocenters. The first-order valence-electron chi connectivity index (χ1n) is 10.2. The van der Waals surface area contributed by atoms with E-state index in [-0.39, 0.29) is 5.75 Å². The molecule has 0 saturated heterocycles. The molecule has 0 amide bonds. The number of nitrogens with zero attached hydrogens (tertiary/aromatic N) is 4. The summed E-state index contributed by atoms with van der Waals surface area (Å²) in [6.07, 6.45) is 6.02. The molecule has 1 aliphatic rings. The van der Waals surface area contributed by atoms with Gasteiger partial charge < -0.3 is 4.18 Å². The average Bonchev–Trinajstić information content (AvgIpc) is 3.24. The van der Waals surface area contributed by atoms with E-state index in [0.717, 1.165) is 46.4 Å². The van der Waals surface area contributed by atoms with Crippen molar-refractivity contribution < 1.29 is 12.6 Å². The minimum Gasteiger partial charge on any atom is -0.371 e. The van der Waals surface area contributed by atoms with Crippen LogP contribution in [0.25, 0.3) is 0 Å². The van der Waals surface area contributed by atoms with E-state index in [4.69, 9.17) is 9.32 Å². The number of alkyl halides is 1. The first kappa shape index (κ1) is 24.0. The zero-order valence-corrected chi connectivity index (χ0v) is 21.4. The second-order valence-corrected chi connectivity index (χ2v) is 10.9. The number of nitriles is 1. The van der Waals surface area contributed by atoms with Gasteiger partial charge in [0.1, 0.15) is 18.4 Å². The van der Waals surface area contributed by atoms with Gasteiger partial charge in [-0.25, -0.2) is 9.67 Å². The molecule has 1 heterocycles. The van der Waals surface area contributed by atoms with Crippen LogP contribution in [0.1, 0.15) is 41.5 Å². The minimum absolute atomic E-state index is 0.245. The highest BCUT2D eigenvalue weighted by atomic mass is 127. The van der Waals surface area contributed by atoms with E-state index in [1.807, 2.05) is 12.1 Å². The second-order valence-electron chi connectivity index (χ2n) is 7.95. The molecule has 8 nitrogen and oxygen atoms in total. The topological polar surface area (TPSA) is 124 Å². The van der Waals surface area contributed by atoms with Gasteiger partial charge in [0.2, 0.25) is 0 Å². The maximum atomic E-state index is 11.3. The highest BCUT2D eigenvalue weighted by molar-refractivity contribution is 14.1. The van der Waals surface area contributed by atoms with E-state index in [0.29, 0.717) is 16.7 Å². The third-order valence-corrected chi connectivity index (χ3v) is 7.92. The fourth-order valence-electron chi connectivity index (χ4n) is 3.83. The predicted molar refractivity (Wildman–Crippen MR) is 134 cm³/mol. The molecule has 0 radical (unpaired) electrons. The summed E-state index contributed by atoms with van der Waals surface area (Å²) in [4.78, 5) is 5.01. The maximum Gasteiger partial charge on any atom is 0.380 e. The predicted octanol–water partition coefficient (Wildman–Crippen LogP) is 4.08. The van der Waals surface area contributed by atoms with Crippen LogP contribution in [0.4, 0.5) is 0 Å². The lowest BCUT2D eigenvalue weighted by atomic mass is 9.65. The number of benzene rings is 2. The van der Waals surface area contributed by atoms with Crippen molar-refractivity contribution in [2.45, 2.75) is 46.3 Å². The van der Waals surface area contributed by atoms with E-state index in [1.54, 1.807) is 28.8 Å². The summed E-state index contributed by atoms with van der Waals surface area (Å²) in [6, 6.07) is 14.3. The fraction of sp³-hybridized carbons (Fsp3) is 0.318. The molecule has 0 aliphatic heterocycles. The van der Waals surface area contributed by atoms with Crippen molar-refractivity contribution in [3.05, 3.63) is 71.3 Å². The molecule has 3 aromatic rings. The molecule has 33 heavy (non-hydrogen) atoms. The van der Waals surface area contributed by atoms with E-state index in [2.05, 4.69) is 56.9 Å². The van der Waals surface area contributed by atoms with Crippen molar-refractivity contribution in [1.82, 2.24) is 14.8 Å². The number of aromatic nitrogens is 3. The highest BCUT2D eigenvalue weighted by Crippen LogP contribution is 2.44. The van der Waals surface area contributed by atoms with Crippen LogP contribution in [0.3, 0.4) is 0 Å². The van der Waals surface area contributed by atoms with E-state index >= 15 is 0 Å². The van der Waals surface area contributed by atoms with Crippen molar-refractivity contribution in [3.8, 4) is 11.8 Å². The van der Waals surface area contributed by atoms with Gasteiger partial charge in [-0.2, -0.15) is 23.9 Å². The third-order valence-electron chi connectivity index (χ3n) is 5.62. The second kappa shape index (κ2) is 10.0. The Morgan fingerprint density at radius 3 is 2.64 bits per heavy atom. The van der Waals surface area contributed by atoms with Gasteiger partial charge in [-0.05, 0) is 54.2 Å². The van der Waals surface area contributed by atoms with Gasteiger partial charge in [-0.1, -0.05) is 40.8 Å². The molecule has 1 fully saturated rings. The van der Waals surface area contributed by atoms with Gasteiger partial charge in [0, 0.05) is 20.6 Å². The zero-order valence-electron chi connectivity index (χ0n) is 17.6. The fourth-order valence-corrected chi connectivity index (χ4v) is 5.73. The summed E-state index contributed by atoms with van der Waals surface area (Å²) >= 11 is 3.80. The Labute approximate surface area is 210 Å². The number of hydrogen-bond acceptors (Lipinski definition) is 7. The molecular weight excluding hydrogens is 573 g/mol. The van der Waals surface area contributed by atoms with Crippen molar-refractivity contribution in [2.24, 2.45) is 5.14 Å². The Morgan fingerprint density at radius 1 is 1.24 bits per heavy atom. The summed E-state index contributed by atoms with van der Waals surface area (Å²) in [5, 5.41) is 19.1. The first-order chi connectivity index (χ1) is 15.8. The third kappa shape index (κ3) is 5.87. The van der Waals surface area contributed by atoms with Crippen LogP contribution in [0.15, 0.2) is 53.9 Å². The van der Waals surface area contributed by atoms with Crippen LogP contribution in [0.2, 0.25) is 0 Å². The molecule has 172 valence electrons. The molecule has 11 heteroatoms. The summed E-state index contributed by atoms with van der Waals surface area (Å²) in [6.45, 7) is 0.589. The quantitative estimate of drug-likeness (QED) is 0.225. The zero-order chi connectivity index (χ0) is 23.5. The Bertz CT molecular complexity index is 1290. The van der Waals surface area contributed by atoms with E-state index in [1.165, 1.54) is 6.33 Å². The van der Waals surface area contributed by atoms with E-state index in [9.17, 15) is 13.7 Å². The van der Waals surface area contributed by atoms with Gasteiger partial charge in [-0.15, -0.1) is 11.8 Å². The van der Waals surface area contributed by atoms with Crippen molar-refractivity contribution in [3.63, 3.8) is 0 Å². The molecule has 1 aliphatic carbocycles. The largest absolute Gasteiger partial charge is 0.380 e. The lowest BCUT2D eigenvalue weighted by Gasteiger charge is -2.36. The van der Waals surface area contributed by atoms with Crippen molar-refractivity contribution in [2.75, 3.05) is 0 Å². The average molecular weight is 595 g/mol. The normalized spacial score (nSPS) is 14.9. The molecule has 0 spiro atoms. The molecule has 1 aromatic heterocycles. The lowest BCUT2D eigenvalue weighted by molar-refractivity contribution is 0.323. The van der Waals surface area contributed by atoms with E-state index < -0.39 is 15.7 Å². The Balaban J connectivity index is 1.58. The number of nitrogens with two attached hydrogens (primary N) is 1. The minimum atomic E-state index is -4.07. The Morgan fingerprint density at radius 2 is 2.03 bits per heavy atom. The highest BCUT2D eigenvalue weighted by Gasteiger charge is 2.39. The van der Waals surface area contributed by atoms with Gasteiger partial charge in [-0.3, -0.25) is 0 Å². The number of rotatable bonds is 9. The summed E-state index contributed by atoms with van der Waals surface area (Å²) in [5.41, 5.74) is 3.62. The van der Waals surface area contributed by atoms with Crippen LogP contribution in [0.5, 0.6) is 5.75 Å².